The summed E-state index contributed by atoms with van der Waals surface area (Å²) in [6, 6.07) is 6.12. The molecule has 0 spiro atoms. The Hall–Kier alpha value is -1.26. The van der Waals surface area contributed by atoms with E-state index in [1.807, 2.05) is 12.1 Å². The van der Waals surface area contributed by atoms with Crippen LogP contribution >= 0.6 is 11.6 Å². The van der Waals surface area contributed by atoms with Crippen LogP contribution in [0.3, 0.4) is 0 Å². The number of benzene rings is 1. The molecule has 4 nitrogen and oxygen atoms in total. The predicted octanol–water partition coefficient (Wildman–Crippen LogP) is 2.69. The summed E-state index contributed by atoms with van der Waals surface area (Å²) in [5.41, 5.74) is 1.56. The van der Waals surface area contributed by atoms with E-state index in [-0.39, 0.29) is 6.61 Å². The largest absolute Gasteiger partial charge is 0.423 e. The molecule has 0 amide bonds. The molecular formula is C13H15ClN2O2. The molecule has 1 saturated heterocycles. The van der Waals surface area contributed by atoms with Crippen molar-refractivity contribution >= 4 is 28.7 Å². The van der Waals surface area contributed by atoms with Crippen LogP contribution in [-0.4, -0.2) is 29.8 Å². The topological polar surface area (TPSA) is 49.5 Å². The first kappa shape index (κ1) is 11.8. The van der Waals surface area contributed by atoms with E-state index in [9.17, 15) is 0 Å². The summed E-state index contributed by atoms with van der Waals surface area (Å²) in [4.78, 5) is 6.59. The monoisotopic (exact) mass is 266 g/mol. The minimum Gasteiger partial charge on any atom is -0.423 e. The molecule has 0 bridgehead atoms. The highest BCUT2D eigenvalue weighted by molar-refractivity contribution is 6.31. The van der Waals surface area contributed by atoms with Gasteiger partial charge in [0.2, 0.25) is 0 Å². The first-order chi connectivity index (χ1) is 8.76. The Labute approximate surface area is 110 Å². The van der Waals surface area contributed by atoms with Crippen LogP contribution < -0.4 is 4.90 Å². The van der Waals surface area contributed by atoms with Crippen molar-refractivity contribution in [1.29, 1.82) is 0 Å². The molecule has 0 radical (unpaired) electrons. The Morgan fingerprint density at radius 3 is 2.89 bits per heavy atom. The van der Waals surface area contributed by atoms with Crippen LogP contribution in [0.15, 0.2) is 22.6 Å². The molecule has 1 aromatic carbocycles. The summed E-state index contributed by atoms with van der Waals surface area (Å²) in [5.74, 6) is 0.417. The fourth-order valence-electron chi connectivity index (χ4n) is 2.33. The second kappa shape index (κ2) is 4.78. The minimum absolute atomic E-state index is 0.275. The molecule has 0 saturated carbocycles. The Morgan fingerprint density at radius 1 is 1.39 bits per heavy atom. The average Bonchev–Trinajstić information content (AvgIpc) is 2.81. The van der Waals surface area contributed by atoms with E-state index >= 15 is 0 Å². The molecule has 3 rings (SSSR count). The number of hydrogen-bond donors (Lipinski definition) is 1. The summed E-state index contributed by atoms with van der Waals surface area (Å²) in [5, 5.41) is 9.78. The number of halogens is 1. The molecule has 5 heteroatoms. The quantitative estimate of drug-likeness (QED) is 0.908. The Balaban J connectivity index is 1.82. The third-order valence-corrected chi connectivity index (χ3v) is 3.72. The maximum absolute atomic E-state index is 9.12. The van der Waals surface area contributed by atoms with Gasteiger partial charge in [-0.25, -0.2) is 0 Å². The number of aromatic nitrogens is 1. The van der Waals surface area contributed by atoms with E-state index in [1.165, 1.54) is 0 Å². The van der Waals surface area contributed by atoms with Gasteiger partial charge < -0.3 is 14.4 Å². The number of fused-ring (bicyclic) bond motifs is 1. The number of oxazole rings is 1. The van der Waals surface area contributed by atoms with Gasteiger partial charge in [-0.15, -0.1) is 0 Å². The highest BCUT2D eigenvalue weighted by Gasteiger charge is 2.22. The van der Waals surface area contributed by atoms with E-state index in [0.29, 0.717) is 17.0 Å². The summed E-state index contributed by atoms with van der Waals surface area (Å²) >= 11 is 5.92. The lowest BCUT2D eigenvalue weighted by Crippen LogP contribution is -2.34. The van der Waals surface area contributed by atoms with E-state index < -0.39 is 0 Å². The molecule has 18 heavy (non-hydrogen) atoms. The number of hydrogen-bond acceptors (Lipinski definition) is 4. The minimum atomic E-state index is 0.275. The van der Waals surface area contributed by atoms with Crippen molar-refractivity contribution < 1.29 is 9.52 Å². The summed E-state index contributed by atoms with van der Waals surface area (Å²) in [7, 11) is 0. The molecule has 2 aromatic rings. The van der Waals surface area contributed by atoms with Crippen LogP contribution in [0.2, 0.25) is 5.02 Å². The van der Waals surface area contributed by atoms with Crippen molar-refractivity contribution in [1.82, 2.24) is 4.98 Å². The lowest BCUT2D eigenvalue weighted by molar-refractivity contribution is 0.201. The molecule has 1 aliphatic heterocycles. The molecule has 1 N–H and O–H groups in total. The first-order valence-corrected chi connectivity index (χ1v) is 6.56. The molecule has 2 heterocycles. The zero-order valence-corrected chi connectivity index (χ0v) is 10.7. The molecule has 0 aliphatic carbocycles. The molecule has 0 unspecified atom stereocenters. The second-order valence-electron chi connectivity index (χ2n) is 4.72. The van der Waals surface area contributed by atoms with Crippen molar-refractivity contribution in [2.75, 3.05) is 24.6 Å². The van der Waals surface area contributed by atoms with Gasteiger partial charge in [-0.3, -0.25) is 0 Å². The van der Waals surface area contributed by atoms with Gasteiger partial charge in [0.05, 0.1) is 0 Å². The van der Waals surface area contributed by atoms with E-state index in [2.05, 4.69) is 9.88 Å². The van der Waals surface area contributed by atoms with Crippen LogP contribution in [0.5, 0.6) is 0 Å². The van der Waals surface area contributed by atoms with Crippen molar-refractivity contribution in [3.63, 3.8) is 0 Å². The molecule has 0 atom stereocenters. The maximum atomic E-state index is 9.12. The third kappa shape index (κ3) is 2.18. The van der Waals surface area contributed by atoms with Gasteiger partial charge in [-0.1, -0.05) is 11.6 Å². The van der Waals surface area contributed by atoms with Crippen LogP contribution in [0, 0.1) is 5.92 Å². The van der Waals surface area contributed by atoms with Crippen LogP contribution in [-0.2, 0) is 0 Å². The standard InChI is InChI=1S/C13H15ClN2O2/c14-10-1-2-11-12(7-10)18-13(15-11)16-5-3-9(8-17)4-6-16/h1-2,7,9,17H,3-6,8H2. The van der Waals surface area contributed by atoms with E-state index in [1.54, 1.807) is 6.07 Å². The van der Waals surface area contributed by atoms with Gasteiger partial charge in [0.15, 0.2) is 5.58 Å². The molecule has 1 fully saturated rings. The van der Waals surface area contributed by atoms with Gasteiger partial charge >= 0.3 is 0 Å². The lowest BCUT2D eigenvalue weighted by Gasteiger charge is -2.29. The number of aliphatic hydroxyl groups excluding tert-OH is 1. The fraction of sp³-hybridized carbons (Fsp3) is 0.462. The Bertz CT molecular complexity index is 547. The van der Waals surface area contributed by atoms with Crippen molar-refractivity contribution in [2.45, 2.75) is 12.8 Å². The van der Waals surface area contributed by atoms with E-state index in [4.69, 9.17) is 21.1 Å². The van der Waals surface area contributed by atoms with Crippen molar-refractivity contribution in [3.05, 3.63) is 23.2 Å². The zero-order valence-electron chi connectivity index (χ0n) is 9.97. The third-order valence-electron chi connectivity index (χ3n) is 3.48. The molecular weight excluding hydrogens is 252 g/mol. The van der Waals surface area contributed by atoms with Crippen LogP contribution in [0.4, 0.5) is 6.01 Å². The van der Waals surface area contributed by atoms with Gasteiger partial charge in [-0.2, -0.15) is 4.98 Å². The predicted molar refractivity (Wildman–Crippen MR) is 71.0 cm³/mol. The first-order valence-electron chi connectivity index (χ1n) is 6.18. The number of rotatable bonds is 2. The average molecular weight is 267 g/mol. The number of piperidine rings is 1. The maximum Gasteiger partial charge on any atom is 0.298 e. The van der Waals surface area contributed by atoms with Gasteiger partial charge in [0.25, 0.3) is 6.01 Å². The SMILES string of the molecule is OCC1CCN(c2nc3ccc(Cl)cc3o2)CC1. The number of nitrogens with zero attached hydrogens (tertiary/aromatic N) is 2. The van der Waals surface area contributed by atoms with Crippen molar-refractivity contribution in [2.24, 2.45) is 5.92 Å². The molecule has 96 valence electrons. The van der Waals surface area contributed by atoms with Gasteiger partial charge in [-0.05, 0) is 30.9 Å². The molecule has 1 aromatic heterocycles. The number of aliphatic hydroxyl groups is 1. The second-order valence-corrected chi connectivity index (χ2v) is 5.16. The highest BCUT2D eigenvalue weighted by atomic mass is 35.5. The van der Waals surface area contributed by atoms with Crippen molar-refractivity contribution in [3.8, 4) is 0 Å². The Morgan fingerprint density at radius 2 is 2.17 bits per heavy atom. The van der Waals surface area contributed by atoms with Gasteiger partial charge in [0.1, 0.15) is 5.52 Å². The normalized spacial score (nSPS) is 17.6. The summed E-state index contributed by atoms with van der Waals surface area (Å²) in [6.07, 6.45) is 1.96. The lowest BCUT2D eigenvalue weighted by atomic mass is 9.98. The highest BCUT2D eigenvalue weighted by Crippen LogP contribution is 2.27. The fourth-order valence-corrected chi connectivity index (χ4v) is 2.49. The number of anilines is 1. The smallest absolute Gasteiger partial charge is 0.298 e. The van der Waals surface area contributed by atoms with Crippen LogP contribution in [0.25, 0.3) is 11.1 Å². The summed E-state index contributed by atoms with van der Waals surface area (Å²) in [6.45, 7) is 2.04. The zero-order chi connectivity index (χ0) is 12.5. The van der Waals surface area contributed by atoms with E-state index in [0.717, 1.165) is 37.0 Å². The summed E-state index contributed by atoms with van der Waals surface area (Å²) < 4.78 is 5.73. The van der Waals surface area contributed by atoms with Crippen LogP contribution in [0.1, 0.15) is 12.8 Å². The molecule has 1 aliphatic rings. The Kier molecular flexibility index (Phi) is 3.14. The van der Waals surface area contributed by atoms with Gasteiger partial charge in [0, 0.05) is 30.8 Å².